The van der Waals surface area contributed by atoms with Crippen LogP contribution in [0.5, 0.6) is 0 Å². The van der Waals surface area contributed by atoms with Gasteiger partial charge < -0.3 is 9.88 Å². The molecule has 3 amide bonds. The van der Waals surface area contributed by atoms with Crippen molar-refractivity contribution in [1.29, 1.82) is 0 Å². The molecule has 0 atom stereocenters. The van der Waals surface area contributed by atoms with Crippen molar-refractivity contribution in [2.45, 2.75) is 6.92 Å². The predicted octanol–water partition coefficient (Wildman–Crippen LogP) is 5.11. The number of hydrogen-bond acceptors (Lipinski definition) is 4. The molecule has 2 heterocycles. The van der Waals surface area contributed by atoms with E-state index >= 15 is 0 Å². The van der Waals surface area contributed by atoms with Gasteiger partial charge in [-0.3, -0.25) is 19.3 Å². The number of imide groups is 1. The average Bonchev–Trinajstić information content (AvgIpc) is 3.30. The third kappa shape index (κ3) is 4.57. The van der Waals surface area contributed by atoms with Crippen molar-refractivity contribution in [3.8, 4) is 5.69 Å². The first-order chi connectivity index (χ1) is 14.9. The second kappa shape index (κ2) is 8.83. The summed E-state index contributed by atoms with van der Waals surface area (Å²) in [6, 6.07) is 18.5. The largest absolute Gasteiger partial charge is 0.323 e. The number of nitrogens with zero attached hydrogens (tertiary/aromatic N) is 2. The normalized spacial score (nSPS) is 15.0. The molecule has 8 heteroatoms. The zero-order valence-corrected chi connectivity index (χ0v) is 18.1. The van der Waals surface area contributed by atoms with E-state index in [0.717, 1.165) is 33.6 Å². The Balaban J connectivity index is 1.51. The Morgan fingerprint density at radius 2 is 1.81 bits per heavy atom. The van der Waals surface area contributed by atoms with Crippen LogP contribution in [0.25, 0.3) is 11.8 Å². The number of rotatable bonds is 5. The molecule has 0 bridgehead atoms. The summed E-state index contributed by atoms with van der Waals surface area (Å²) in [6.07, 6.45) is 3.55. The van der Waals surface area contributed by atoms with E-state index in [1.807, 2.05) is 54.1 Å². The highest BCUT2D eigenvalue weighted by molar-refractivity contribution is 8.18. The van der Waals surface area contributed by atoms with Crippen LogP contribution in [-0.2, 0) is 9.59 Å². The van der Waals surface area contributed by atoms with Crippen molar-refractivity contribution >= 4 is 52.2 Å². The minimum absolute atomic E-state index is 0.266. The first kappa shape index (κ1) is 21.0. The second-order valence-electron chi connectivity index (χ2n) is 6.93. The van der Waals surface area contributed by atoms with Gasteiger partial charge in [0.25, 0.3) is 11.1 Å². The van der Waals surface area contributed by atoms with Crippen LogP contribution in [0.4, 0.5) is 10.5 Å². The fourth-order valence-corrected chi connectivity index (χ4v) is 4.12. The molecule has 0 saturated carbocycles. The lowest BCUT2D eigenvalue weighted by Gasteiger charge is -2.13. The zero-order chi connectivity index (χ0) is 22.0. The van der Waals surface area contributed by atoms with Gasteiger partial charge in [0.15, 0.2) is 0 Å². The SMILES string of the molecule is Cc1ccc(-n2cccc2/C=C2/SC(=O)N(CC(=O)Nc3ccccc3Cl)C2=O)cc1. The number of halogens is 1. The molecule has 1 saturated heterocycles. The van der Waals surface area contributed by atoms with Gasteiger partial charge in [-0.15, -0.1) is 0 Å². The van der Waals surface area contributed by atoms with Crippen LogP contribution in [-0.4, -0.2) is 33.1 Å². The van der Waals surface area contributed by atoms with Crippen LogP contribution < -0.4 is 5.32 Å². The van der Waals surface area contributed by atoms with Gasteiger partial charge in [-0.1, -0.05) is 41.4 Å². The van der Waals surface area contributed by atoms with Crippen LogP contribution in [0.15, 0.2) is 71.8 Å². The zero-order valence-electron chi connectivity index (χ0n) is 16.5. The molecular weight excluding hydrogens is 434 g/mol. The molecule has 4 rings (SSSR count). The van der Waals surface area contributed by atoms with Crippen LogP contribution in [0, 0.1) is 6.92 Å². The van der Waals surface area contributed by atoms with Crippen LogP contribution >= 0.6 is 23.4 Å². The lowest BCUT2D eigenvalue weighted by molar-refractivity contribution is -0.127. The summed E-state index contributed by atoms with van der Waals surface area (Å²) < 4.78 is 1.93. The minimum atomic E-state index is -0.500. The highest BCUT2D eigenvalue weighted by Gasteiger charge is 2.36. The molecule has 1 N–H and O–H groups in total. The van der Waals surface area contributed by atoms with Crippen LogP contribution in [0.1, 0.15) is 11.3 Å². The van der Waals surface area contributed by atoms with E-state index in [-0.39, 0.29) is 11.4 Å². The molecule has 31 heavy (non-hydrogen) atoms. The number of para-hydroxylation sites is 1. The summed E-state index contributed by atoms with van der Waals surface area (Å²) in [5.74, 6) is -0.999. The van der Waals surface area contributed by atoms with Crippen LogP contribution in [0.2, 0.25) is 5.02 Å². The van der Waals surface area contributed by atoms with Gasteiger partial charge in [-0.05, 0) is 61.2 Å². The number of aryl methyl sites for hydroxylation is 1. The fourth-order valence-electron chi connectivity index (χ4n) is 3.12. The molecule has 0 spiro atoms. The molecule has 0 aliphatic carbocycles. The summed E-state index contributed by atoms with van der Waals surface area (Å²) in [5.41, 5.74) is 3.27. The molecule has 1 aliphatic rings. The van der Waals surface area contributed by atoms with Gasteiger partial charge in [0.1, 0.15) is 6.54 Å². The van der Waals surface area contributed by atoms with Gasteiger partial charge in [0.05, 0.1) is 15.6 Å². The quantitative estimate of drug-likeness (QED) is 0.547. The van der Waals surface area contributed by atoms with E-state index < -0.39 is 17.1 Å². The Morgan fingerprint density at radius 3 is 2.55 bits per heavy atom. The van der Waals surface area contributed by atoms with Crippen molar-refractivity contribution < 1.29 is 14.4 Å². The number of amides is 3. The summed E-state index contributed by atoms with van der Waals surface area (Å²) in [4.78, 5) is 38.7. The number of benzene rings is 2. The van der Waals surface area contributed by atoms with E-state index in [4.69, 9.17) is 11.6 Å². The van der Waals surface area contributed by atoms with Crippen molar-refractivity contribution in [2.75, 3.05) is 11.9 Å². The third-order valence-electron chi connectivity index (χ3n) is 4.69. The van der Waals surface area contributed by atoms with Crippen molar-refractivity contribution in [1.82, 2.24) is 9.47 Å². The first-order valence-electron chi connectivity index (χ1n) is 9.46. The molecule has 2 aromatic carbocycles. The van der Waals surface area contributed by atoms with E-state index in [1.54, 1.807) is 30.3 Å². The van der Waals surface area contributed by atoms with Gasteiger partial charge in [0.2, 0.25) is 5.91 Å². The maximum absolute atomic E-state index is 12.8. The Morgan fingerprint density at radius 1 is 1.06 bits per heavy atom. The number of nitrogens with one attached hydrogen (secondary N) is 1. The van der Waals surface area contributed by atoms with Crippen molar-refractivity contribution in [2.24, 2.45) is 0 Å². The smallest absolute Gasteiger partial charge is 0.294 e. The number of anilines is 1. The molecule has 3 aromatic rings. The topological polar surface area (TPSA) is 71.4 Å². The molecule has 156 valence electrons. The molecule has 6 nitrogen and oxygen atoms in total. The third-order valence-corrected chi connectivity index (χ3v) is 5.93. The summed E-state index contributed by atoms with van der Waals surface area (Å²) in [5, 5.41) is 2.51. The Kier molecular flexibility index (Phi) is 5.97. The maximum Gasteiger partial charge on any atom is 0.294 e. The number of carbonyl (C=O) groups excluding carboxylic acids is 3. The standard InChI is InChI=1S/C23H18ClN3O3S/c1-15-8-10-16(11-9-15)26-12-4-5-17(26)13-20-22(29)27(23(30)31-20)14-21(28)25-19-7-3-2-6-18(19)24/h2-13H,14H2,1H3,(H,25,28)/b20-13+. The lowest BCUT2D eigenvalue weighted by atomic mass is 10.2. The average molecular weight is 452 g/mol. The Labute approximate surface area is 188 Å². The maximum atomic E-state index is 12.8. The van der Waals surface area contributed by atoms with E-state index in [9.17, 15) is 14.4 Å². The lowest BCUT2D eigenvalue weighted by Crippen LogP contribution is -2.36. The highest BCUT2D eigenvalue weighted by atomic mass is 35.5. The van der Waals surface area contributed by atoms with E-state index in [2.05, 4.69) is 5.32 Å². The Hall–Kier alpha value is -3.29. The molecule has 1 aliphatic heterocycles. The van der Waals surface area contributed by atoms with Gasteiger partial charge in [0, 0.05) is 17.6 Å². The van der Waals surface area contributed by atoms with Gasteiger partial charge in [-0.25, -0.2) is 0 Å². The van der Waals surface area contributed by atoms with Crippen molar-refractivity contribution in [3.63, 3.8) is 0 Å². The number of thioether (sulfide) groups is 1. The van der Waals surface area contributed by atoms with Gasteiger partial charge in [-0.2, -0.15) is 0 Å². The predicted molar refractivity (Wildman–Crippen MR) is 123 cm³/mol. The molecule has 1 fully saturated rings. The second-order valence-corrected chi connectivity index (χ2v) is 8.33. The molecular formula is C23H18ClN3O3S. The summed E-state index contributed by atoms with van der Waals surface area (Å²) in [7, 11) is 0. The monoisotopic (exact) mass is 451 g/mol. The van der Waals surface area contributed by atoms with E-state index in [0.29, 0.717) is 10.7 Å². The van der Waals surface area contributed by atoms with Crippen LogP contribution in [0.3, 0.4) is 0 Å². The molecule has 1 aromatic heterocycles. The highest BCUT2D eigenvalue weighted by Crippen LogP contribution is 2.32. The molecule has 0 radical (unpaired) electrons. The first-order valence-corrected chi connectivity index (χ1v) is 10.7. The Bertz CT molecular complexity index is 1200. The fraction of sp³-hybridized carbons (Fsp3) is 0.0870. The number of carbonyl (C=O) groups is 3. The van der Waals surface area contributed by atoms with Crippen molar-refractivity contribution in [3.05, 3.63) is 88.0 Å². The number of aromatic nitrogens is 1. The number of hydrogen-bond donors (Lipinski definition) is 1. The summed E-state index contributed by atoms with van der Waals surface area (Å²) in [6.45, 7) is 1.63. The summed E-state index contributed by atoms with van der Waals surface area (Å²) >= 11 is 6.86. The molecule has 0 unspecified atom stereocenters. The van der Waals surface area contributed by atoms with E-state index in [1.165, 1.54) is 0 Å². The minimum Gasteiger partial charge on any atom is -0.323 e. The van der Waals surface area contributed by atoms with Gasteiger partial charge >= 0.3 is 0 Å².